The van der Waals surface area contributed by atoms with E-state index in [1.807, 2.05) is 40.6 Å². The van der Waals surface area contributed by atoms with E-state index in [2.05, 4.69) is 10.3 Å². The summed E-state index contributed by atoms with van der Waals surface area (Å²) in [7, 11) is 0. The van der Waals surface area contributed by atoms with Crippen molar-refractivity contribution in [3.8, 4) is 10.6 Å². The Morgan fingerprint density at radius 2 is 1.91 bits per heavy atom. The highest BCUT2D eigenvalue weighted by atomic mass is 35.5. The Kier molecular flexibility index (Phi) is 7.82. The summed E-state index contributed by atoms with van der Waals surface area (Å²) < 4.78 is 0. The Bertz CT molecular complexity index is 583. The largest absolute Gasteiger partial charge is 0.336 e. The van der Waals surface area contributed by atoms with Crippen LogP contribution in [0.3, 0.4) is 0 Å². The van der Waals surface area contributed by atoms with E-state index >= 15 is 0 Å². The average Bonchev–Trinajstić information content (AvgIpc) is 2.83. The van der Waals surface area contributed by atoms with Gasteiger partial charge in [-0.25, -0.2) is 4.98 Å². The van der Waals surface area contributed by atoms with Gasteiger partial charge in [0.05, 0.1) is 0 Å². The van der Waals surface area contributed by atoms with Crippen LogP contribution in [0.15, 0.2) is 35.7 Å². The predicted octanol–water partition coefficient (Wildman–Crippen LogP) is 3.09. The first-order valence-corrected chi connectivity index (χ1v) is 7.73. The van der Waals surface area contributed by atoms with Crippen LogP contribution in [0.4, 0.5) is 0 Å². The van der Waals surface area contributed by atoms with Crippen LogP contribution in [0.5, 0.6) is 0 Å². The third kappa shape index (κ3) is 4.43. The van der Waals surface area contributed by atoms with E-state index in [1.165, 1.54) is 11.3 Å². The maximum absolute atomic E-state index is 12.4. The van der Waals surface area contributed by atoms with Gasteiger partial charge in [0.2, 0.25) is 0 Å². The molecule has 3 rings (SSSR count). The molecule has 1 fully saturated rings. The third-order valence-electron chi connectivity index (χ3n) is 3.37. The number of thiazole rings is 1. The van der Waals surface area contributed by atoms with Crippen LogP contribution in [0, 0.1) is 0 Å². The van der Waals surface area contributed by atoms with Gasteiger partial charge in [-0.3, -0.25) is 4.79 Å². The fourth-order valence-electron chi connectivity index (χ4n) is 2.30. The Morgan fingerprint density at radius 1 is 1.14 bits per heavy atom. The SMILES string of the molecule is Cl.Cl.O=C(c1csc(-c2ccccc2)n1)N1CCCNCC1. The molecule has 0 bridgehead atoms. The van der Waals surface area contributed by atoms with E-state index in [0.717, 1.165) is 43.2 Å². The Morgan fingerprint density at radius 3 is 2.68 bits per heavy atom. The molecule has 0 aliphatic carbocycles. The number of nitrogens with zero attached hydrogens (tertiary/aromatic N) is 2. The number of nitrogens with one attached hydrogen (secondary N) is 1. The number of amides is 1. The molecule has 7 heteroatoms. The molecule has 1 N–H and O–H groups in total. The Hall–Kier alpha value is -1.14. The number of aromatic nitrogens is 1. The average molecular weight is 360 g/mol. The smallest absolute Gasteiger partial charge is 0.273 e. The fraction of sp³-hybridized carbons (Fsp3) is 0.333. The lowest BCUT2D eigenvalue weighted by Crippen LogP contribution is -2.34. The topological polar surface area (TPSA) is 45.2 Å². The first-order chi connectivity index (χ1) is 9.84. The molecule has 2 heterocycles. The molecule has 1 amide bonds. The number of rotatable bonds is 2. The van der Waals surface area contributed by atoms with Crippen molar-refractivity contribution in [1.82, 2.24) is 15.2 Å². The molecule has 1 saturated heterocycles. The van der Waals surface area contributed by atoms with E-state index < -0.39 is 0 Å². The van der Waals surface area contributed by atoms with Crippen molar-refractivity contribution in [2.24, 2.45) is 0 Å². The molecule has 1 aromatic heterocycles. The van der Waals surface area contributed by atoms with Gasteiger partial charge >= 0.3 is 0 Å². The van der Waals surface area contributed by atoms with Gasteiger partial charge in [-0.2, -0.15) is 0 Å². The Balaban J connectivity index is 0.00000121. The Labute approximate surface area is 146 Å². The van der Waals surface area contributed by atoms with Crippen molar-refractivity contribution in [1.29, 1.82) is 0 Å². The van der Waals surface area contributed by atoms with Gasteiger partial charge in [-0.15, -0.1) is 36.2 Å². The van der Waals surface area contributed by atoms with E-state index in [4.69, 9.17) is 0 Å². The van der Waals surface area contributed by atoms with E-state index in [9.17, 15) is 4.79 Å². The normalized spacial score (nSPS) is 14.5. The molecule has 2 aromatic rings. The standard InChI is InChI=1S/C15H17N3OS.2ClH/c19-15(18-9-4-7-16-8-10-18)13-11-20-14(17-13)12-5-2-1-3-6-12;;/h1-3,5-6,11,16H,4,7-10H2;2*1H. The molecule has 0 radical (unpaired) electrons. The fourth-order valence-corrected chi connectivity index (χ4v) is 3.10. The van der Waals surface area contributed by atoms with Crippen LogP contribution in [-0.4, -0.2) is 42.0 Å². The summed E-state index contributed by atoms with van der Waals surface area (Å²) in [6.45, 7) is 3.42. The van der Waals surface area contributed by atoms with Crippen LogP contribution < -0.4 is 5.32 Å². The lowest BCUT2D eigenvalue weighted by Gasteiger charge is -2.18. The van der Waals surface area contributed by atoms with Crippen molar-refractivity contribution in [2.75, 3.05) is 26.2 Å². The summed E-state index contributed by atoms with van der Waals surface area (Å²) in [5, 5.41) is 6.07. The van der Waals surface area contributed by atoms with Crippen molar-refractivity contribution in [3.63, 3.8) is 0 Å². The van der Waals surface area contributed by atoms with Crippen LogP contribution in [0.2, 0.25) is 0 Å². The van der Waals surface area contributed by atoms with Crippen molar-refractivity contribution in [2.45, 2.75) is 6.42 Å². The monoisotopic (exact) mass is 359 g/mol. The van der Waals surface area contributed by atoms with E-state index in [-0.39, 0.29) is 30.7 Å². The molecule has 1 aromatic carbocycles. The van der Waals surface area contributed by atoms with Gasteiger partial charge in [0.1, 0.15) is 10.7 Å². The minimum absolute atomic E-state index is 0. The van der Waals surface area contributed by atoms with Gasteiger partial charge in [0.25, 0.3) is 5.91 Å². The van der Waals surface area contributed by atoms with Gasteiger partial charge in [0, 0.05) is 30.6 Å². The van der Waals surface area contributed by atoms with Crippen molar-refractivity contribution >= 4 is 42.1 Å². The molecule has 0 unspecified atom stereocenters. The second kappa shape index (κ2) is 9.10. The minimum atomic E-state index is 0. The van der Waals surface area contributed by atoms with Crippen LogP contribution in [-0.2, 0) is 0 Å². The summed E-state index contributed by atoms with van der Waals surface area (Å²) in [4.78, 5) is 18.8. The zero-order chi connectivity index (χ0) is 13.8. The number of halogens is 2. The quantitative estimate of drug-likeness (QED) is 0.895. The molecule has 120 valence electrons. The first kappa shape index (κ1) is 18.9. The van der Waals surface area contributed by atoms with Gasteiger partial charge in [-0.05, 0) is 13.0 Å². The number of benzene rings is 1. The zero-order valence-corrected chi connectivity index (χ0v) is 14.5. The molecular weight excluding hydrogens is 341 g/mol. The van der Waals surface area contributed by atoms with Crippen molar-refractivity contribution in [3.05, 3.63) is 41.4 Å². The highest BCUT2D eigenvalue weighted by molar-refractivity contribution is 7.13. The van der Waals surface area contributed by atoms with E-state index in [0.29, 0.717) is 5.69 Å². The lowest BCUT2D eigenvalue weighted by molar-refractivity contribution is 0.0761. The number of hydrogen-bond donors (Lipinski definition) is 1. The highest BCUT2D eigenvalue weighted by Gasteiger charge is 2.19. The van der Waals surface area contributed by atoms with Gasteiger partial charge < -0.3 is 10.2 Å². The predicted molar refractivity (Wildman–Crippen MR) is 95.4 cm³/mol. The van der Waals surface area contributed by atoms with Crippen LogP contribution >= 0.6 is 36.2 Å². The molecule has 1 aliphatic rings. The van der Waals surface area contributed by atoms with E-state index in [1.54, 1.807) is 0 Å². The molecule has 22 heavy (non-hydrogen) atoms. The molecule has 1 aliphatic heterocycles. The number of hydrogen-bond acceptors (Lipinski definition) is 4. The maximum Gasteiger partial charge on any atom is 0.273 e. The summed E-state index contributed by atoms with van der Waals surface area (Å²) in [6, 6.07) is 9.98. The molecular formula is C15H19Cl2N3OS. The highest BCUT2D eigenvalue weighted by Crippen LogP contribution is 2.23. The summed E-state index contributed by atoms with van der Waals surface area (Å²) in [5.74, 6) is 0.0483. The first-order valence-electron chi connectivity index (χ1n) is 6.85. The zero-order valence-electron chi connectivity index (χ0n) is 12.0. The lowest BCUT2D eigenvalue weighted by atomic mass is 10.2. The summed E-state index contributed by atoms with van der Waals surface area (Å²) in [6.07, 6.45) is 1.00. The molecule has 0 saturated carbocycles. The second-order valence-corrected chi connectivity index (χ2v) is 5.66. The second-order valence-electron chi connectivity index (χ2n) is 4.80. The summed E-state index contributed by atoms with van der Waals surface area (Å²) in [5.41, 5.74) is 1.63. The molecule has 0 atom stereocenters. The number of carbonyl (C=O) groups is 1. The van der Waals surface area contributed by atoms with Crippen LogP contribution in [0.25, 0.3) is 10.6 Å². The molecule has 0 spiro atoms. The maximum atomic E-state index is 12.4. The van der Waals surface area contributed by atoms with Gasteiger partial charge in [0.15, 0.2) is 0 Å². The molecule has 4 nitrogen and oxygen atoms in total. The summed E-state index contributed by atoms with van der Waals surface area (Å²) >= 11 is 1.53. The number of carbonyl (C=O) groups excluding carboxylic acids is 1. The van der Waals surface area contributed by atoms with Gasteiger partial charge in [-0.1, -0.05) is 30.3 Å². The third-order valence-corrected chi connectivity index (χ3v) is 4.26. The van der Waals surface area contributed by atoms with Crippen LogP contribution in [0.1, 0.15) is 16.9 Å². The minimum Gasteiger partial charge on any atom is -0.336 e. The van der Waals surface area contributed by atoms with Crippen molar-refractivity contribution < 1.29 is 4.79 Å².